The Morgan fingerprint density at radius 2 is 1.56 bits per heavy atom. The van der Waals surface area contributed by atoms with Crippen LogP contribution in [0.3, 0.4) is 0 Å². The van der Waals surface area contributed by atoms with Gasteiger partial charge in [-0.2, -0.15) is 13.2 Å². The van der Waals surface area contributed by atoms with Crippen LogP contribution < -0.4 is 11.5 Å². The first-order valence-electron chi connectivity index (χ1n) is 7.14. The van der Waals surface area contributed by atoms with Crippen molar-refractivity contribution >= 4 is 23.8 Å². The Kier molecular flexibility index (Phi) is 9.50. The first kappa shape index (κ1) is 23.9. The normalized spacial score (nSPS) is 12.7. The van der Waals surface area contributed by atoms with Crippen LogP contribution in [0, 0.1) is 5.92 Å². The van der Waals surface area contributed by atoms with E-state index in [4.69, 9.17) is 31.2 Å². The molecular weight excluding hydrogens is 377 g/mol. The van der Waals surface area contributed by atoms with Crippen molar-refractivity contribution in [2.24, 2.45) is 17.4 Å². The summed E-state index contributed by atoms with van der Waals surface area (Å²) in [5.74, 6) is -7.49. The number of carboxylic acids is 2. The summed E-state index contributed by atoms with van der Waals surface area (Å²) in [5.41, 5.74) is 11.0. The Morgan fingerprint density at radius 1 is 1.07 bits per heavy atom. The van der Waals surface area contributed by atoms with Gasteiger partial charge in [-0.25, -0.2) is 4.79 Å². The molecule has 0 saturated heterocycles. The highest BCUT2D eigenvalue weighted by molar-refractivity contribution is 5.94. The van der Waals surface area contributed by atoms with Crippen LogP contribution in [0.2, 0.25) is 0 Å². The van der Waals surface area contributed by atoms with Gasteiger partial charge in [-0.15, -0.1) is 0 Å². The van der Waals surface area contributed by atoms with E-state index in [1.807, 2.05) is 0 Å². The zero-order chi connectivity index (χ0) is 21.2. The molecule has 1 aromatic carbocycles. The molecule has 0 heterocycles. The van der Waals surface area contributed by atoms with Crippen molar-refractivity contribution in [3.8, 4) is 0 Å². The molecule has 0 radical (unpaired) electrons. The number of carbonyl (C=O) groups excluding carboxylic acids is 2. The lowest BCUT2D eigenvalue weighted by molar-refractivity contribution is -0.192. The Labute approximate surface area is 150 Å². The van der Waals surface area contributed by atoms with Gasteiger partial charge in [-0.1, -0.05) is 30.3 Å². The van der Waals surface area contributed by atoms with E-state index in [2.05, 4.69) is 0 Å². The van der Waals surface area contributed by atoms with Gasteiger partial charge in [0.25, 0.3) is 0 Å². The maximum Gasteiger partial charge on any atom is 0.490 e. The Hall–Kier alpha value is -3.15. The molecule has 12 heteroatoms. The van der Waals surface area contributed by atoms with Gasteiger partial charge in [-0.3, -0.25) is 14.4 Å². The molecule has 27 heavy (non-hydrogen) atoms. The van der Waals surface area contributed by atoms with Gasteiger partial charge in [0.1, 0.15) is 6.61 Å². The van der Waals surface area contributed by atoms with E-state index in [1.54, 1.807) is 30.3 Å². The first-order valence-corrected chi connectivity index (χ1v) is 7.14. The fourth-order valence-electron chi connectivity index (χ4n) is 1.50. The molecule has 6 N–H and O–H groups in total. The summed E-state index contributed by atoms with van der Waals surface area (Å²) in [6, 6.07) is 7.59. The van der Waals surface area contributed by atoms with Crippen LogP contribution in [0.25, 0.3) is 0 Å². The van der Waals surface area contributed by atoms with Crippen LogP contribution in [0.1, 0.15) is 12.0 Å². The van der Waals surface area contributed by atoms with Crippen molar-refractivity contribution in [3.63, 3.8) is 0 Å². The summed E-state index contributed by atoms with van der Waals surface area (Å²) in [6.07, 6.45) is -5.47. The number of nitrogens with two attached hydrogens (primary N) is 2. The van der Waals surface area contributed by atoms with E-state index in [9.17, 15) is 27.6 Å². The standard InChI is InChI=1S/C13H16N2O5.C2HF3O2/c14-10(11(15)16)6-9(12(17)18)13(19)20-7-8-4-2-1-3-5-8;3-2(4,5)1(6)7/h1-5,9-10H,6-7,14H2,(H2,15,16)(H,17,18);(H,6,7)/t9?,10-;/m1./s1. The number of rotatable bonds is 7. The molecule has 1 amide bonds. The van der Waals surface area contributed by atoms with Gasteiger partial charge in [0.15, 0.2) is 5.92 Å². The fourth-order valence-corrected chi connectivity index (χ4v) is 1.50. The lowest BCUT2D eigenvalue weighted by Gasteiger charge is -2.14. The summed E-state index contributed by atoms with van der Waals surface area (Å²) in [6.45, 7) is -0.0464. The number of carbonyl (C=O) groups is 4. The number of amides is 1. The third-order valence-electron chi connectivity index (χ3n) is 2.90. The van der Waals surface area contributed by atoms with E-state index in [0.717, 1.165) is 5.56 Å². The molecule has 0 spiro atoms. The number of aliphatic carboxylic acids is 2. The van der Waals surface area contributed by atoms with Crippen LogP contribution in [-0.2, 0) is 30.5 Å². The predicted octanol–water partition coefficient (Wildman–Crippen LogP) is 0.267. The molecule has 150 valence electrons. The molecule has 1 unspecified atom stereocenters. The molecule has 0 fully saturated rings. The van der Waals surface area contributed by atoms with Gasteiger partial charge in [0, 0.05) is 0 Å². The maximum absolute atomic E-state index is 11.7. The van der Waals surface area contributed by atoms with E-state index < -0.39 is 48.4 Å². The third-order valence-corrected chi connectivity index (χ3v) is 2.90. The van der Waals surface area contributed by atoms with Crippen LogP contribution in [-0.4, -0.2) is 46.2 Å². The zero-order valence-electron chi connectivity index (χ0n) is 13.7. The Balaban J connectivity index is 0.000000821. The van der Waals surface area contributed by atoms with E-state index in [1.165, 1.54) is 0 Å². The van der Waals surface area contributed by atoms with Crippen molar-refractivity contribution in [2.45, 2.75) is 25.2 Å². The number of primary amides is 1. The molecule has 1 aromatic rings. The molecule has 9 nitrogen and oxygen atoms in total. The van der Waals surface area contributed by atoms with Gasteiger partial charge < -0.3 is 26.4 Å². The minimum atomic E-state index is -5.08. The van der Waals surface area contributed by atoms with Crippen molar-refractivity contribution in [1.82, 2.24) is 0 Å². The third kappa shape index (κ3) is 9.79. The molecule has 0 bridgehead atoms. The second-order valence-corrected chi connectivity index (χ2v) is 5.03. The summed E-state index contributed by atoms with van der Waals surface area (Å²) in [4.78, 5) is 42.4. The quantitative estimate of drug-likeness (QED) is 0.377. The Morgan fingerprint density at radius 3 is 1.93 bits per heavy atom. The highest BCUT2D eigenvalue weighted by Crippen LogP contribution is 2.13. The predicted molar refractivity (Wildman–Crippen MR) is 82.8 cm³/mol. The number of ether oxygens (including phenoxy) is 1. The van der Waals surface area contributed by atoms with E-state index in [0.29, 0.717) is 0 Å². The summed E-state index contributed by atoms with van der Waals surface area (Å²) < 4.78 is 36.6. The van der Waals surface area contributed by atoms with Crippen LogP contribution in [0.15, 0.2) is 30.3 Å². The van der Waals surface area contributed by atoms with Crippen molar-refractivity contribution in [1.29, 1.82) is 0 Å². The fraction of sp³-hybridized carbons (Fsp3) is 0.333. The van der Waals surface area contributed by atoms with E-state index >= 15 is 0 Å². The molecule has 0 aliphatic heterocycles. The molecular formula is C15H17F3N2O7. The molecule has 0 aliphatic carbocycles. The van der Waals surface area contributed by atoms with Crippen molar-refractivity contribution in [2.75, 3.05) is 0 Å². The molecule has 1 rings (SSSR count). The number of benzene rings is 1. The second kappa shape index (κ2) is 10.8. The average molecular weight is 394 g/mol. The highest BCUT2D eigenvalue weighted by Gasteiger charge is 2.38. The van der Waals surface area contributed by atoms with Crippen LogP contribution in [0.5, 0.6) is 0 Å². The van der Waals surface area contributed by atoms with Crippen LogP contribution in [0.4, 0.5) is 13.2 Å². The summed E-state index contributed by atoms with van der Waals surface area (Å²) in [5, 5.41) is 16.1. The largest absolute Gasteiger partial charge is 0.490 e. The minimum Gasteiger partial charge on any atom is -0.481 e. The molecule has 2 atom stereocenters. The van der Waals surface area contributed by atoms with Gasteiger partial charge in [0.2, 0.25) is 5.91 Å². The first-order chi connectivity index (χ1) is 12.4. The zero-order valence-corrected chi connectivity index (χ0v) is 13.7. The van der Waals surface area contributed by atoms with Crippen LogP contribution >= 0.6 is 0 Å². The summed E-state index contributed by atoms with van der Waals surface area (Å²) >= 11 is 0. The number of halogens is 3. The van der Waals surface area contributed by atoms with Crippen molar-refractivity contribution < 1.29 is 47.3 Å². The van der Waals surface area contributed by atoms with E-state index in [-0.39, 0.29) is 6.61 Å². The second-order valence-electron chi connectivity index (χ2n) is 5.03. The number of hydrogen-bond donors (Lipinski definition) is 4. The summed E-state index contributed by atoms with van der Waals surface area (Å²) in [7, 11) is 0. The molecule has 0 aromatic heterocycles. The molecule has 0 saturated carbocycles. The SMILES string of the molecule is NC(=O)[C@H](N)CC(C(=O)O)C(=O)OCc1ccccc1.O=C(O)C(F)(F)F. The molecule has 0 aliphatic rings. The Bertz CT molecular complexity index is 665. The number of carboxylic acid groups (broad SMARTS) is 2. The lowest BCUT2D eigenvalue weighted by Crippen LogP contribution is -2.41. The number of esters is 1. The lowest BCUT2D eigenvalue weighted by atomic mass is 10.0. The maximum atomic E-state index is 11.7. The smallest absolute Gasteiger partial charge is 0.481 e. The average Bonchev–Trinajstić information content (AvgIpc) is 2.57. The van der Waals surface area contributed by atoms with Gasteiger partial charge >= 0.3 is 24.1 Å². The topological polar surface area (TPSA) is 170 Å². The monoisotopic (exact) mass is 394 g/mol. The minimum absolute atomic E-state index is 0.0464. The van der Waals surface area contributed by atoms with Gasteiger partial charge in [0.05, 0.1) is 6.04 Å². The van der Waals surface area contributed by atoms with Crippen molar-refractivity contribution in [3.05, 3.63) is 35.9 Å². The van der Waals surface area contributed by atoms with Gasteiger partial charge in [-0.05, 0) is 12.0 Å². The number of alkyl halides is 3. The number of hydrogen-bond acceptors (Lipinski definition) is 6. The highest BCUT2D eigenvalue weighted by atomic mass is 19.4.